The normalized spacial score (nSPS) is 12.5. The zero-order valence-electron chi connectivity index (χ0n) is 11.1. The van der Waals surface area contributed by atoms with E-state index in [2.05, 4.69) is 57.4 Å². The van der Waals surface area contributed by atoms with Crippen LogP contribution >= 0.6 is 27.3 Å². The van der Waals surface area contributed by atoms with Crippen molar-refractivity contribution in [1.82, 2.24) is 10.3 Å². The van der Waals surface area contributed by atoms with Crippen LogP contribution < -0.4 is 5.32 Å². The summed E-state index contributed by atoms with van der Waals surface area (Å²) in [6.07, 6.45) is 5.09. The highest BCUT2D eigenvalue weighted by atomic mass is 79.9. The van der Waals surface area contributed by atoms with Gasteiger partial charge >= 0.3 is 0 Å². The summed E-state index contributed by atoms with van der Waals surface area (Å²) < 4.78 is 1.15. The minimum Gasteiger partial charge on any atom is -0.313 e. The van der Waals surface area contributed by atoms with Gasteiger partial charge in [0.25, 0.3) is 0 Å². The van der Waals surface area contributed by atoms with Gasteiger partial charge in [0, 0.05) is 28.5 Å². The Morgan fingerprint density at radius 1 is 1.37 bits per heavy atom. The van der Waals surface area contributed by atoms with Crippen molar-refractivity contribution < 1.29 is 0 Å². The quantitative estimate of drug-likeness (QED) is 0.823. The van der Waals surface area contributed by atoms with Gasteiger partial charge in [0.05, 0.1) is 5.01 Å². The zero-order chi connectivity index (χ0) is 13.5. The lowest BCUT2D eigenvalue weighted by molar-refractivity contribution is 0.504. The molecule has 2 nitrogen and oxygen atoms in total. The summed E-state index contributed by atoms with van der Waals surface area (Å²) in [4.78, 5) is 4.39. The van der Waals surface area contributed by atoms with Crippen LogP contribution in [0.25, 0.3) is 0 Å². The van der Waals surface area contributed by atoms with Crippen molar-refractivity contribution in [1.29, 1.82) is 0 Å². The van der Waals surface area contributed by atoms with Gasteiger partial charge in [0.1, 0.15) is 0 Å². The third-order valence-corrected chi connectivity index (χ3v) is 4.25. The van der Waals surface area contributed by atoms with E-state index in [-0.39, 0.29) is 0 Å². The van der Waals surface area contributed by atoms with Gasteiger partial charge in [-0.05, 0) is 37.1 Å². The maximum atomic E-state index is 4.39. The summed E-state index contributed by atoms with van der Waals surface area (Å²) >= 11 is 5.27. The van der Waals surface area contributed by atoms with E-state index in [1.165, 1.54) is 10.6 Å². The fourth-order valence-electron chi connectivity index (χ4n) is 2.08. The second-order valence-corrected chi connectivity index (χ2v) is 6.51. The van der Waals surface area contributed by atoms with Gasteiger partial charge in [-0.15, -0.1) is 11.3 Å². The number of nitrogens with one attached hydrogen (secondary N) is 1. The number of hydrogen-bond donors (Lipinski definition) is 1. The van der Waals surface area contributed by atoms with E-state index in [9.17, 15) is 0 Å². The summed E-state index contributed by atoms with van der Waals surface area (Å²) in [7, 11) is 0. The van der Waals surface area contributed by atoms with Crippen LogP contribution in [0.2, 0.25) is 0 Å². The molecule has 4 heteroatoms. The van der Waals surface area contributed by atoms with E-state index >= 15 is 0 Å². The summed E-state index contributed by atoms with van der Waals surface area (Å²) in [5.41, 5.74) is 1.36. The number of nitrogens with zero attached hydrogens (tertiary/aromatic N) is 1. The summed E-state index contributed by atoms with van der Waals surface area (Å²) in [6, 6.07) is 9.01. The molecule has 102 valence electrons. The van der Waals surface area contributed by atoms with Crippen LogP contribution in [0, 0.1) is 0 Å². The molecule has 0 spiro atoms. The van der Waals surface area contributed by atoms with Gasteiger partial charge in [0.2, 0.25) is 0 Å². The van der Waals surface area contributed by atoms with E-state index < -0.39 is 0 Å². The maximum absolute atomic E-state index is 4.39. The van der Waals surface area contributed by atoms with Gasteiger partial charge in [-0.3, -0.25) is 0 Å². The standard InChI is InChI=1S/C15H19BrN2S/c1-2-6-17-14(11-15-18-7-8-19-15)10-12-4-3-5-13(16)9-12/h3-5,7-9,14,17H,2,6,10-11H2,1H3. The van der Waals surface area contributed by atoms with Gasteiger partial charge in [-0.1, -0.05) is 35.0 Å². The molecule has 19 heavy (non-hydrogen) atoms. The Morgan fingerprint density at radius 2 is 2.26 bits per heavy atom. The van der Waals surface area contributed by atoms with Gasteiger partial charge < -0.3 is 5.32 Å². The zero-order valence-corrected chi connectivity index (χ0v) is 13.5. The van der Waals surface area contributed by atoms with Crippen molar-refractivity contribution in [2.45, 2.75) is 32.2 Å². The molecule has 0 saturated carbocycles. The van der Waals surface area contributed by atoms with Crippen LogP contribution in [0.4, 0.5) is 0 Å². The number of halogens is 1. The number of rotatable bonds is 7. The molecule has 0 amide bonds. The predicted molar refractivity (Wildman–Crippen MR) is 85.7 cm³/mol. The molecule has 0 aliphatic carbocycles. The third-order valence-electron chi connectivity index (χ3n) is 2.96. The van der Waals surface area contributed by atoms with Crippen molar-refractivity contribution in [3.63, 3.8) is 0 Å². The molecule has 0 radical (unpaired) electrons. The lowest BCUT2D eigenvalue weighted by atomic mass is 10.0. The second-order valence-electron chi connectivity index (χ2n) is 4.62. The van der Waals surface area contributed by atoms with Crippen molar-refractivity contribution in [3.05, 3.63) is 50.9 Å². The Kier molecular flexibility index (Phi) is 6.01. The Bertz CT molecular complexity index is 485. The average molecular weight is 339 g/mol. The molecular formula is C15H19BrN2S. The van der Waals surface area contributed by atoms with Crippen LogP contribution in [0.1, 0.15) is 23.9 Å². The van der Waals surface area contributed by atoms with Crippen molar-refractivity contribution in [2.24, 2.45) is 0 Å². The first-order chi connectivity index (χ1) is 9.28. The molecular weight excluding hydrogens is 320 g/mol. The lowest BCUT2D eigenvalue weighted by Gasteiger charge is -2.17. The largest absolute Gasteiger partial charge is 0.313 e. The van der Waals surface area contributed by atoms with Crippen LogP contribution in [-0.2, 0) is 12.8 Å². The summed E-state index contributed by atoms with van der Waals surface area (Å²) in [5, 5.41) is 6.89. The Hall–Kier alpha value is -0.710. The molecule has 2 rings (SSSR count). The lowest BCUT2D eigenvalue weighted by Crippen LogP contribution is -2.33. The smallest absolute Gasteiger partial charge is 0.0940 e. The predicted octanol–water partition coefficient (Wildman–Crippen LogP) is 4.06. The molecule has 2 aromatic rings. The average Bonchev–Trinajstić information content (AvgIpc) is 2.89. The van der Waals surface area contributed by atoms with Crippen molar-refractivity contribution >= 4 is 27.3 Å². The molecule has 1 N–H and O–H groups in total. The fraction of sp³-hybridized carbons (Fsp3) is 0.400. The molecule has 0 bridgehead atoms. The molecule has 0 aliphatic heterocycles. The number of hydrogen-bond acceptors (Lipinski definition) is 3. The van der Waals surface area contributed by atoms with Crippen LogP contribution in [0.3, 0.4) is 0 Å². The number of thiazole rings is 1. The van der Waals surface area contributed by atoms with E-state index in [0.29, 0.717) is 6.04 Å². The molecule has 1 unspecified atom stereocenters. The molecule has 0 aliphatic rings. The third kappa shape index (κ3) is 5.05. The molecule has 1 aromatic heterocycles. The Morgan fingerprint density at radius 3 is 2.95 bits per heavy atom. The Labute approximate surface area is 127 Å². The van der Waals surface area contributed by atoms with E-state index in [4.69, 9.17) is 0 Å². The maximum Gasteiger partial charge on any atom is 0.0940 e. The molecule has 0 saturated heterocycles. The highest BCUT2D eigenvalue weighted by Crippen LogP contribution is 2.15. The number of aromatic nitrogens is 1. The molecule has 1 atom stereocenters. The van der Waals surface area contributed by atoms with Gasteiger partial charge in [0.15, 0.2) is 0 Å². The highest BCUT2D eigenvalue weighted by molar-refractivity contribution is 9.10. The number of benzene rings is 1. The van der Waals surface area contributed by atoms with Gasteiger partial charge in [-0.2, -0.15) is 0 Å². The minimum absolute atomic E-state index is 0.459. The minimum atomic E-state index is 0.459. The molecule has 1 heterocycles. The van der Waals surface area contributed by atoms with Crippen molar-refractivity contribution in [3.8, 4) is 0 Å². The summed E-state index contributed by atoms with van der Waals surface area (Å²) in [5.74, 6) is 0. The second kappa shape index (κ2) is 7.78. The topological polar surface area (TPSA) is 24.9 Å². The van der Waals surface area contributed by atoms with Crippen molar-refractivity contribution in [2.75, 3.05) is 6.54 Å². The van der Waals surface area contributed by atoms with E-state index in [1.54, 1.807) is 11.3 Å². The van der Waals surface area contributed by atoms with E-state index in [0.717, 1.165) is 30.3 Å². The molecule has 0 fully saturated rings. The highest BCUT2D eigenvalue weighted by Gasteiger charge is 2.11. The van der Waals surface area contributed by atoms with E-state index in [1.807, 2.05) is 11.6 Å². The van der Waals surface area contributed by atoms with Crippen LogP contribution in [0.15, 0.2) is 40.3 Å². The summed E-state index contributed by atoms with van der Waals surface area (Å²) in [6.45, 7) is 3.26. The van der Waals surface area contributed by atoms with Gasteiger partial charge in [-0.25, -0.2) is 4.98 Å². The van der Waals surface area contributed by atoms with Crippen LogP contribution in [0.5, 0.6) is 0 Å². The SMILES string of the molecule is CCCNC(Cc1cccc(Br)c1)Cc1nccs1. The first-order valence-corrected chi connectivity index (χ1v) is 8.31. The Balaban J connectivity index is 2.00. The monoisotopic (exact) mass is 338 g/mol. The first kappa shape index (κ1) is 14.7. The van der Waals surface area contributed by atoms with Crippen LogP contribution in [-0.4, -0.2) is 17.6 Å². The fourth-order valence-corrected chi connectivity index (χ4v) is 3.22. The first-order valence-electron chi connectivity index (χ1n) is 6.64. The molecule has 1 aromatic carbocycles.